The molecule has 0 saturated carbocycles. The van der Waals surface area contributed by atoms with Gasteiger partial charge >= 0.3 is 12.5 Å². The SMILES string of the molecule is CC(C)(C)OC(=O)N1CCN(c2cc3c(cc2OC(F)(F)F)C=CCO3)CC1. The fourth-order valence-corrected chi connectivity index (χ4v) is 3.04. The fraction of sp³-hybridized carbons (Fsp3) is 0.526. The minimum Gasteiger partial charge on any atom is -0.489 e. The maximum atomic E-state index is 12.9. The molecule has 0 N–H and O–H groups in total. The number of carbonyl (C=O) groups excluding carboxylic acids is 1. The zero-order chi connectivity index (χ0) is 20.5. The quantitative estimate of drug-likeness (QED) is 0.750. The number of ether oxygens (including phenoxy) is 3. The average Bonchev–Trinajstić information content (AvgIpc) is 2.58. The lowest BCUT2D eigenvalue weighted by Crippen LogP contribution is -2.50. The van der Waals surface area contributed by atoms with Crippen LogP contribution in [0.4, 0.5) is 23.7 Å². The third kappa shape index (κ3) is 5.02. The van der Waals surface area contributed by atoms with Crippen molar-refractivity contribution in [2.45, 2.75) is 32.7 Å². The van der Waals surface area contributed by atoms with Crippen molar-refractivity contribution in [2.24, 2.45) is 0 Å². The molecule has 9 heteroatoms. The Hall–Kier alpha value is -2.58. The van der Waals surface area contributed by atoms with Gasteiger partial charge in [0.25, 0.3) is 0 Å². The molecule has 154 valence electrons. The summed E-state index contributed by atoms with van der Waals surface area (Å²) in [6.07, 6.45) is -1.82. The molecule has 0 spiro atoms. The second-order valence-electron chi connectivity index (χ2n) is 7.57. The average molecular weight is 400 g/mol. The number of piperazine rings is 1. The van der Waals surface area contributed by atoms with Crippen molar-refractivity contribution in [1.29, 1.82) is 0 Å². The van der Waals surface area contributed by atoms with E-state index in [9.17, 15) is 18.0 Å². The molecule has 1 fully saturated rings. The van der Waals surface area contributed by atoms with Crippen molar-refractivity contribution < 1.29 is 32.2 Å². The smallest absolute Gasteiger partial charge is 0.489 e. The number of anilines is 1. The van der Waals surface area contributed by atoms with Crippen LogP contribution in [0, 0.1) is 0 Å². The molecule has 1 saturated heterocycles. The third-order valence-electron chi connectivity index (χ3n) is 4.22. The van der Waals surface area contributed by atoms with Gasteiger partial charge in [0.05, 0.1) is 5.69 Å². The highest BCUT2D eigenvalue weighted by Crippen LogP contribution is 2.40. The number of benzene rings is 1. The Morgan fingerprint density at radius 3 is 2.39 bits per heavy atom. The molecule has 0 atom stereocenters. The summed E-state index contributed by atoms with van der Waals surface area (Å²) in [6, 6.07) is 2.89. The highest BCUT2D eigenvalue weighted by atomic mass is 19.4. The van der Waals surface area contributed by atoms with Crippen LogP contribution in [0.2, 0.25) is 0 Å². The van der Waals surface area contributed by atoms with Gasteiger partial charge in [0, 0.05) is 37.8 Å². The van der Waals surface area contributed by atoms with Crippen LogP contribution in [0.25, 0.3) is 6.08 Å². The topological polar surface area (TPSA) is 51.2 Å². The Kier molecular flexibility index (Phi) is 5.36. The summed E-state index contributed by atoms with van der Waals surface area (Å²) < 4.78 is 53.8. The number of nitrogens with zero attached hydrogens (tertiary/aromatic N) is 2. The third-order valence-corrected chi connectivity index (χ3v) is 4.22. The standard InChI is InChI=1S/C19H23F3N2O4/c1-18(2,3)28-17(25)24-8-6-23(7-9-24)14-12-15-13(5-4-10-26-15)11-16(14)27-19(20,21)22/h4-5,11-12H,6-10H2,1-3H3. The lowest BCUT2D eigenvalue weighted by molar-refractivity contribution is -0.274. The first kappa shape index (κ1) is 20.2. The summed E-state index contributed by atoms with van der Waals surface area (Å²) in [5.41, 5.74) is 0.211. The molecular weight excluding hydrogens is 377 g/mol. The Bertz CT molecular complexity index is 764. The number of amides is 1. The molecule has 0 radical (unpaired) electrons. The van der Waals surface area contributed by atoms with Crippen molar-refractivity contribution in [3.63, 3.8) is 0 Å². The van der Waals surface area contributed by atoms with Gasteiger partial charge in [0.1, 0.15) is 18.0 Å². The van der Waals surface area contributed by atoms with Gasteiger partial charge in [-0.05, 0) is 32.9 Å². The highest BCUT2D eigenvalue weighted by molar-refractivity contribution is 5.72. The minimum atomic E-state index is -4.80. The Balaban J connectivity index is 1.78. The van der Waals surface area contributed by atoms with Crippen molar-refractivity contribution in [2.75, 3.05) is 37.7 Å². The Morgan fingerprint density at radius 1 is 1.11 bits per heavy atom. The van der Waals surface area contributed by atoms with Crippen LogP contribution in [0.3, 0.4) is 0 Å². The van der Waals surface area contributed by atoms with Crippen LogP contribution in [-0.2, 0) is 4.74 Å². The van der Waals surface area contributed by atoms with E-state index in [2.05, 4.69) is 4.74 Å². The van der Waals surface area contributed by atoms with Crippen LogP contribution in [0.5, 0.6) is 11.5 Å². The van der Waals surface area contributed by atoms with Gasteiger partial charge in [-0.15, -0.1) is 13.2 Å². The molecule has 6 nitrogen and oxygen atoms in total. The maximum absolute atomic E-state index is 12.9. The molecular formula is C19H23F3N2O4. The van der Waals surface area contributed by atoms with Gasteiger partial charge in [-0.2, -0.15) is 0 Å². The first-order valence-corrected chi connectivity index (χ1v) is 8.98. The van der Waals surface area contributed by atoms with Gasteiger partial charge < -0.3 is 24.0 Å². The molecule has 3 rings (SSSR count). The zero-order valence-electron chi connectivity index (χ0n) is 16.0. The number of carbonyl (C=O) groups is 1. The molecule has 2 aliphatic heterocycles. The van der Waals surface area contributed by atoms with E-state index in [0.717, 1.165) is 0 Å². The molecule has 0 aliphatic carbocycles. The fourth-order valence-electron chi connectivity index (χ4n) is 3.04. The molecule has 2 aliphatic rings. The maximum Gasteiger partial charge on any atom is 0.573 e. The molecule has 1 aromatic carbocycles. The minimum absolute atomic E-state index is 0.285. The number of alkyl halides is 3. The Labute approximate surface area is 161 Å². The van der Waals surface area contributed by atoms with Crippen LogP contribution < -0.4 is 14.4 Å². The van der Waals surface area contributed by atoms with E-state index in [1.807, 2.05) is 0 Å². The summed E-state index contributed by atoms with van der Waals surface area (Å²) in [4.78, 5) is 15.5. The molecule has 1 aromatic rings. The van der Waals surface area contributed by atoms with Gasteiger partial charge in [0.2, 0.25) is 0 Å². The van der Waals surface area contributed by atoms with E-state index in [1.165, 1.54) is 6.07 Å². The zero-order valence-corrected chi connectivity index (χ0v) is 16.0. The van der Waals surface area contributed by atoms with E-state index in [0.29, 0.717) is 44.1 Å². The van der Waals surface area contributed by atoms with Crippen molar-refractivity contribution in [3.05, 3.63) is 23.8 Å². The monoisotopic (exact) mass is 400 g/mol. The van der Waals surface area contributed by atoms with Gasteiger partial charge in [0.15, 0.2) is 5.75 Å². The summed E-state index contributed by atoms with van der Waals surface area (Å²) >= 11 is 0. The second-order valence-corrected chi connectivity index (χ2v) is 7.57. The van der Waals surface area contributed by atoms with Crippen molar-refractivity contribution >= 4 is 17.9 Å². The second kappa shape index (κ2) is 7.44. The normalized spacial score (nSPS) is 17.1. The molecule has 2 heterocycles. The van der Waals surface area contributed by atoms with E-state index in [-0.39, 0.29) is 11.4 Å². The first-order chi connectivity index (χ1) is 13.0. The first-order valence-electron chi connectivity index (χ1n) is 8.98. The largest absolute Gasteiger partial charge is 0.573 e. The summed E-state index contributed by atoms with van der Waals surface area (Å²) in [5.74, 6) is 0.216. The van der Waals surface area contributed by atoms with Gasteiger partial charge in [-0.1, -0.05) is 6.08 Å². The van der Waals surface area contributed by atoms with Crippen LogP contribution in [0.1, 0.15) is 26.3 Å². The number of rotatable bonds is 2. The van der Waals surface area contributed by atoms with E-state index < -0.39 is 18.1 Å². The predicted molar refractivity (Wildman–Crippen MR) is 97.7 cm³/mol. The molecule has 1 amide bonds. The lowest BCUT2D eigenvalue weighted by Gasteiger charge is -2.37. The molecule has 0 aromatic heterocycles. The summed E-state index contributed by atoms with van der Waals surface area (Å²) in [5, 5.41) is 0. The summed E-state index contributed by atoms with van der Waals surface area (Å²) in [6.45, 7) is 7.06. The van der Waals surface area contributed by atoms with E-state index >= 15 is 0 Å². The predicted octanol–water partition coefficient (Wildman–Crippen LogP) is 4.05. The van der Waals surface area contributed by atoms with Crippen molar-refractivity contribution in [3.8, 4) is 11.5 Å². The van der Waals surface area contributed by atoms with Gasteiger partial charge in [-0.25, -0.2) is 4.79 Å². The van der Waals surface area contributed by atoms with Crippen LogP contribution >= 0.6 is 0 Å². The lowest BCUT2D eigenvalue weighted by atomic mass is 10.1. The van der Waals surface area contributed by atoms with E-state index in [1.54, 1.807) is 48.8 Å². The van der Waals surface area contributed by atoms with E-state index in [4.69, 9.17) is 9.47 Å². The van der Waals surface area contributed by atoms with Crippen LogP contribution in [-0.4, -0.2) is 55.7 Å². The summed E-state index contributed by atoms with van der Waals surface area (Å²) in [7, 11) is 0. The molecule has 0 bridgehead atoms. The van der Waals surface area contributed by atoms with Crippen molar-refractivity contribution in [1.82, 2.24) is 4.90 Å². The molecule has 28 heavy (non-hydrogen) atoms. The molecule has 0 unspecified atom stereocenters. The highest BCUT2D eigenvalue weighted by Gasteiger charge is 2.34. The van der Waals surface area contributed by atoms with Gasteiger partial charge in [-0.3, -0.25) is 0 Å². The Morgan fingerprint density at radius 2 is 1.79 bits per heavy atom. The number of fused-ring (bicyclic) bond motifs is 1. The number of hydrogen-bond donors (Lipinski definition) is 0. The number of halogens is 3. The van der Waals surface area contributed by atoms with Crippen LogP contribution in [0.15, 0.2) is 18.2 Å². The number of hydrogen-bond acceptors (Lipinski definition) is 5.